The molecule has 2 aliphatic rings. The zero-order chi connectivity index (χ0) is 11.7. The molecule has 1 aliphatic carbocycles. The lowest BCUT2D eigenvalue weighted by Crippen LogP contribution is -2.44. The summed E-state index contributed by atoms with van der Waals surface area (Å²) in [4.78, 5) is 6.72. The number of nitrogens with zero attached hydrogens (tertiary/aromatic N) is 2. The van der Waals surface area contributed by atoms with E-state index in [4.69, 9.17) is 4.74 Å². The first-order valence-electron chi connectivity index (χ1n) is 6.34. The molecule has 17 heavy (non-hydrogen) atoms. The van der Waals surface area contributed by atoms with Gasteiger partial charge in [-0.15, -0.1) is 0 Å². The Balaban J connectivity index is 1.81. The maximum absolute atomic E-state index is 6.00. The lowest BCUT2D eigenvalue weighted by atomic mass is 10.0. The molecule has 1 saturated heterocycles. The van der Waals surface area contributed by atoms with Crippen molar-refractivity contribution >= 4 is 11.7 Å². The first kappa shape index (κ1) is 10.6. The molecule has 1 aromatic rings. The van der Waals surface area contributed by atoms with Crippen LogP contribution in [0.2, 0.25) is 0 Å². The predicted octanol–water partition coefficient (Wildman–Crippen LogP) is 2.80. The molecule has 3 rings (SSSR count). The van der Waals surface area contributed by atoms with E-state index in [1.807, 2.05) is 30.3 Å². The summed E-state index contributed by atoms with van der Waals surface area (Å²) < 4.78 is 6.00. The summed E-state index contributed by atoms with van der Waals surface area (Å²) in [5, 5.41) is 0. The van der Waals surface area contributed by atoms with Crippen molar-refractivity contribution in [3.05, 3.63) is 30.3 Å². The van der Waals surface area contributed by atoms with E-state index >= 15 is 0 Å². The molecule has 90 valence electrons. The molecular weight excluding hydrogens is 212 g/mol. The van der Waals surface area contributed by atoms with Crippen molar-refractivity contribution in [2.24, 2.45) is 10.9 Å². The van der Waals surface area contributed by atoms with E-state index < -0.39 is 0 Å². The first-order chi connectivity index (χ1) is 8.33. The Kier molecular flexibility index (Phi) is 2.75. The van der Waals surface area contributed by atoms with Gasteiger partial charge < -0.3 is 9.64 Å². The molecule has 3 nitrogen and oxygen atoms in total. The highest BCUT2D eigenvalue weighted by atomic mass is 16.5. The zero-order valence-corrected chi connectivity index (χ0v) is 10.2. The number of para-hydroxylation sites is 1. The Morgan fingerprint density at radius 3 is 2.88 bits per heavy atom. The highest BCUT2D eigenvalue weighted by Gasteiger charge is 2.36. The minimum Gasteiger partial charge on any atom is -0.461 e. The van der Waals surface area contributed by atoms with E-state index in [1.165, 1.54) is 19.3 Å². The number of aliphatic imine (C=N–C) groups is 1. The minimum atomic E-state index is 0.397. The molecule has 1 aliphatic heterocycles. The Morgan fingerprint density at radius 1 is 1.24 bits per heavy atom. The summed E-state index contributed by atoms with van der Waals surface area (Å²) in [6.45, 7) is 1.08. The molecule has 1 saturated carbocycles. The Bertz CT molecular complexity index is 415. The maximum atomic E-state index is 6.00. The van der Waals surface area contributed by atoms with Crippen LogP contribution >= 0.6 is 0 Å². The SMILES string of the molecule is CN1C[C@@H]2CCC[C@@H]2OC1=Nc1ccccc1. The van der Waals surface area contributed by atoms with Gasteiger partial charge in [-0.25, -0.2) is 0 Å². The zero-order valence-electron chi connectivity index (χ0n) is 10.2. The van der Waals surface area contributed by atoms with Crippen LogP contribution in [0.15, 0.2) is 35.3 Å². The van der Waals surface area contributed by atoms with Crippen LogP contribution in [0.25, 0.3) is 0 Å². The second-order valence-electron chi connectivity index (χ2n) is 4.96. The predicted molar refractivity (Wildman–Crippen MR) is 68.4 cm³/mol. The normalized spacial score (nSPS) is 30.2. The van der Waals surface area contributed by atoms with Gasteiger partial charge in [-0.3, -0.25) is 0 Å². The van der Waals surface area contributed by atoms with Crippen LogP contribution in [0.5, 0.6) is 0 Å². The van der Waals surface area contributed by atoms with E-state index in [-0.39, 0.29) is 0 Å². The fraction of sp³-hybridized carbons (Fsp3) is 0.500. The molecule has 1 heterocycles. The maximum Gasteiger partial charge on any atom is 0.292 e. The number of benzene rings is 1. The van der Waals surface area contributed by atoms with Crippen molar-refractivity contribution < 1.29 is 4.74 Å². The molecule has 0 N–H and O–H groups in total. The van der Waals surface area contributed by atoms with Gasteiger partial charge in [0, 0.05) is 19.5 Å². The molecule has 0 aromatic heterocycles. The van der Waals surface area contributed by atoms with Gasteiger partial charge in [0.1, 0.15) is 6.10 Å². The topological polar surface area (TPSA) is 24.8 Å². The monoisotopic (exact) mass is 230 g/mol. The third kappa shape index (κ3) is 2.14. The number of fused-ring (bicyclic) bond motifs is 1. The summed E-state index contributed by atoms with van der Waals surface area (Å²) in [6, 6.07) is 10.8. The molecule has 3 heteroatoms. The highest BCUT2D eigenvalue weighted by molar-refractivity contribution is 5.77. The third-order valence-corrected chi connectivity index (χ3v) is 3.66. The quantitative estimate of drug-likeness (QED) is 0.741. The van der Waals surface area contributed by atoms with Crippen LogP contribution in [0.1, 0.15) is 19.3 Å². The van der Waals surface area contributed by atoms with Gasteiger partial charge in [-0.2, -0.15) is 4.99 Å². The van der Waals surface area contributed by atoms with Crippen molar-refractivity contribution in [2.75, 3.05) is 13.6 Å². The second kappa shape index (κ2) is 4.40. The van der Waals surface area contributed by atoms with Crippen LogP contribution in [0.4, 0.5) is 5.69 Å². The van der Waals surface area contributed by atoms with Crippen molar-refractivity contribution in [2.45, 2.75) is 25.4 Å². The van der Waals surface area contributed by atoms with Crippen molar-refractivity contribution in [3.63, 3.8) is 0 Å². The molecular formula is C14H18N2O. The number of amidine groups is 1. The van der Waals surface area contributed by atoms with Crippen LogP contribution in [-0.2, 0) is 4.74 Å². The van der Waals surface area contributed by atoms with Crippen LogP contribution in [0.3, 0.4) is 0 Å². The Hall–Kier alpha value is -1.51. The highest BCUT2D eigenvalue weighted by Crippen LogP contribution is 2.32. The second-order valence-corrected chi connectivity index (χ2v) is 4.96. The summed E-state index contributed by atoms with van der Waals surface area (Å²) >= 11 is 0. The Morgan fingerprint density at radius 2 is 2.06 bits per heavy atom. The average Bonchev–Trinajstić information content (AvgIpc) is 2.78. The molecule has 0 spiro atoms. The standard InChI is InChI=1S/C14H18N2O/c1-16-10-11-6-5-9-13(11)17-14(16)15-12-7-3-2-4-8-12/h2-4,7-8,11,13H,5-6,9-10H2,1H3/t11-,13-/m0/s1. The van der Waals surface area contributed by atoms with Gasteiger partial charge >= 0.3 is 0 Å². The van der Waals surface area contributed by atoms with Gasteiger partial charge in [-0.05, 0) is 31.4 Å². The molecule has 2 fully saturated rings. The largest absolute Gasteiger partial charge is 0.461 e. The number of ether oxygens (including phenoxy) is 1. The summed E-state index contributed by atoms with van der Waals surface area (Å²) in [5.74, 6) is 0.703. The van der Waals surface area contributed by atoms with Gasteiger partial charge in [0.2, 0.25) is 0 Å². The molecule has 0 radical (unpaired) electrons. The van der Waals surface area contributed by atoms with E-state index in [2.05, 4.69) is 16.9 Å². The number of rotatable bonds is 1. The summed E-state index contributed by atoms with van der Waals surface area (Å²) in [5.41, 5.74) is 0.964. The van der Waals surface area contributed by atoms with E-state index in [1.54, 1.807) is 0 Å². The van der Waals surface area contributed by atoms with Crippen LogP contribution < -0.4 is 0 Å². The lowest BCUT2D eigenvalue weighted by Gasteiger charge is -2.35. The lowest BCUT2D eigenvalue weighted by molar-refractivity contribution is 0.0689. The number of hydrogen-bond donors (Lipinski definition) is 0. The van der Waals surface area contributed by atoms with Gasteiger partial charge in [0.25, 0.3) is 6.02 Å². The fourth-order valence-electron chi connectivity index (χ4n) is 2.75. The summed E-state index contributed by atoms with van der Waals surface area (Å²) in [7, 11) is 2.07. The molecule has 2 atom stereocenters. The number of hydrogen-bond acceptors (Lipinski definition) is 2. The summed E-state index contributed by atoms with van der Waals surface area (Å²) in [6.07, 6.45) is 4.18. The van der Waals surface area contributed by atoms with Gasteiger partial charge in [0.15, 0.2) is 0 Å². The fourth-order valence-corrected chi connectivity index (χ4v) is 2.75. The van der Waals surface area contributed by atoms with Crippen molar-refractivity contribution in [3.8, 4) is 0 Å². The molecule has 0 bridgehead atoms. The smallest absolute Gasteiger partial charge is 0.292 e. The van der Waals surface area contributed by atoms with E-state index in [0.29, 0.717) is 12.0 Å². The third-order valence-electron chi connectivity index (χ3n) is 3.66. The first-order valence-corrected chi connectivity index (χ1v) is 6.34. The van der Waals surface area contributed by atoms with Crippen LogP contribution in [-0.4, -0.2) is 30.6 Å². The van der Waals surface area contributed by atoms with Crippen molar-refractivity contribution in [1.82, 2.24) is 4.90 Å². The molecule has 0 amide bonds. The van der Waals surface area contributed by atoms with E-state index in [9.17, 15) is 0 Å². The van der Waals surface area contributed by atoms with Gasteiger partial charge in [-0.1, -0.05) is 18.2 Å². The Labute approximate surface area is 102 Å². The molecule has 1 aromatic carbocycles. The van der Waals surface area contributed by atoms with Gasteiger partial charge in [0.05, 0.1) is 5.69 Å². The van der Waals surface area contributed by atoms with E-state index in [0.717, 1.165) is 18.3 Å². The van der Waals surface area contributed by atoms with Crippen molar-refractivity contribution in [1.29, 1.82) is 0 Å². The minimum absolute atomic E-state index is 0.397. The average molecular weight is 230 g/mol. The van der Waals surface area contributed by atoms with Crippen LogP contribution in [0, 0.1) is 5.92 Å². The molecule has 0 unspecified atom stereocenters.